The Morgan fingerprint density at radius 1 is 0.875 bits per heavy atom. The molecule has 0 N–H and O–H groups in total. The normalized spacial score (nSPS) is 37.6. The highest BCUT2D eigenvalue weighted by atomic mass is 16.1. The van der Waals surface area contributed by atoms with E-state index in [4.69, 9.17) is 0 Å². The minimum atomic E-state index is 0.0925. The van der Waals surface area contributed by atoms with E-state index in [2.05, 4.69) is 42.5 Å². The van der Waals surface area contributed by atoms with Crippen LogP contribution in [-0.2, 0) is 4.79 Å². The summed E-state index contributed by atoms with van der Waals surface area (Å²) in [5.41, 5.74) is 2.84. The van der Waals surface area contributed by atoms with Crippen LogP contribution in [0, 0.1) is 11.8 Å². The molecule has 4 aliphatic rings. The van der Waals surface area contributed by atoms with Crippen LogP contribution in [0.5, 0.6) is 0 Å². The molecular formula is C15H12O. The first-order valence-corrected chi connectivity index (χ1v) is 5.85. The van der Waals surface area contributed by atoms with E-state index < -0.39 is 0 Å². The van der Waals surface area contributed by atoms with Gasteiger partial charge in [0.05, 0.1) is 0 Å². The first-order chi connectivity index (χ1) is 7.86. The molecule has 1 nitrogen and oxygen atoms in total. The van der Waals surface area contributed by atoms with Gasteiger partial charge in [0.15, 0.2) is 5.78 Å². The molecule has 0 heterocycles. The summed E-state index contributed by atoms with van der Waals surface area (Å²) in [6, 6.07) is 8.57. The van der Waals surface area contributed by atoms with Crippen LogP contribution in [-0.4, -0.2) is 5.78 Å². The van der Waals surface area contributed by atoms with Gasteiger partial charge in [-0.3, -0.25) is 4.79 Å². The SMILES string of the molecule is O=C1C=C[C@H]2C=C[C@@H]1[C@@H]1c3ccccc3[C@H]21. The maximum Gasteiger partial charge on any atom is 0.162 e. The Kier molecular flexibility index (Phi) is 1.45. The summed E-state index contributed by atoms with van der Waals surface area (Å²) < 4.78 is 0. The van der Waals surface area contributed by atoms with Gasteiger partial charge < -0.3 is 0 Å². The minimum absolute atomic E-state index is 0.0925. The Balaban J connectivity index is 1.93. The van der Waals surface area contributed by atoms with Crippen molar-refractivity contribution >= 4 is 5.78 Å². The zero-order valence-electron chi connectivity index (χ0n) is 8.84. The monoisotopic (exact) mass is 208 g/mol. The number of fused-ring (bicyclic) bond motifs is 2. The number of ketones is 1. The summed E-state index contributed by atoms with van der Waals surface area (Å²) in [5.74, 6) is 1.79. The van der Waals surface area contributed by atoms with Crippen molar-refractivity contribution < 1.29 is 4.79 Å². The van der Waals surface area contributed by atoms with E-state index in [9.17, 15) is 4.79 Å². The maximum atomic E-state index is 11.9. The molecule has 4 atom stereocenters. The summed E-state index contributed by atoms with van der Waals surface area (Å²) in [4.78, 5) is 11.9. The molecule has 0 aromatic heterocycles. The lowest BCUT2D eigenvalue weighted by Crippen LogP contribution is -2.37. The van der Waals surface area contributed by atoms with E-state index >= 15 is 0 Å². The van der Waals surface area contributed by atoms with Crippen molar-refractivity contribution in [2.45, 2.75) is 11.8 Å². The molecule has 0 fully saturated rings. The van der Waals surface area contributed by atoms with Gasteiger partial charge in [-0.1, -0.05) is 42.5 Å². The second kappa shape index (κ2) is 2.73. The predicted octanol–water partition coefficient (Wildman–Crippen LogP) is 2.81. The lowest BCUT2D eigenvalue weighted by molar-refractivity contribution is -0.117. The van der Waals surface area contributed by atoms with Gasteiger partial charge in [-0.05, 0) is 17.2 Å². The fraction of sp³-hybridized carbons (Fsp3) is 0.267. The standard InChI is InChI=1S/C15H12O/c16-13-8-6-9-5-7-12(13)15-11-4-2-1-3-10(11)14(9)15/h1-9,12,14-15H/t9-,12+,14+,15+/m1/s1. The van der Waals surface area contributed by atoms with Crippen LogP contribution in [0.2, 0.25) is 0 Å². The van der Waals surface area contributed by atoms with Crippen molar-refractivity contribution in [1.82, 2.24) is 0 Å². The summed E-state index contributed by atoms with van der Waals surface area (Å²) in [7, 11) is 0. The van der Waals surface area contributed by atoms with Crippen molar-refractivity contribution in [2.75, 3.05) is 0 Å². The molecule has 0 unspecified atom stereocenters. The lowest BCUT2D eigenvalue weighted by Gasteiger charge is -2.46. The van der Waals surface area contributed by atoms with Crippen molar-refractivity contribution in [3.63, 3.8) is 0 Å². The molecular weight excluding hydrogens is 196 g/mol. The van der Waals surface area contributed by atoms with Crippen LogP contribution in [0.4, 0.5) is 0 Å². The van der Waals surface area contributed by atoms with Gasteiger partial charge in [0.2, 0.25) is 0 Å². The van der Waals surface area contributed by atoms with Crippen molar-refractivity contribution in [1.29, 1.82) is 0 Å². The van der Waals surface area contributed by atoms with E-state index in [1.807, 2.05) is 0 Å². The Hall–Kier alpha value is -1.63. The third-order valence-electron chi connectivity index (χ3n) is 4.25. The summed E-state index contributed by atoms with van der Waals surface area (Å²) in [6.45, 7) is 0. The molecule has 4 aliphatic carbocycles. The predicted molar refractivity (Wildman–Crippen MR) is 62.2 cm³/mol. The Bertz CT molecular complexity index is 538. The van der Waals surface area contributed by atoms with Gasteiger partial charge >= 0.3 is 0 Å². The van der Waals surface area contributed by atoms with Crippen molar-refractivity contribution in [3.8, 4) is 0 Å². The summed E-state index contributed by atoms with van der Waals surface area (Å²) >= 11 is 0. The second-order valence-electron chi connectivity index (χ2n) is 4.93. The minimum Gasteiger partial charge on any atom is -0.294 e. The van der Waals surface area contributed by atoms with Crippen LogP contribution in [0.25, 0.3) is 0 Å². The van der Waals surface area contributed by atoms with Crippen LogP contribution < -0.4 is 0 Å². The van der Waals surface area contributed by atoms with Gasteiger partial charge in [-0.15, -0.1) is 0 Å². The van der Waals surface area contributed by atoms with Crippen LogP contribution in [0.1, 0.15) is 23.0 Å². The molecule has 0 aliphatic heterocycles. The molecule has 5 rings (SSSR count). The molecule has 1 heteroatoms. The molecule has 0 saturated heterocycles. The van der Waals surface area contributed by atoms with E-state index in [0.29, 0.717) is 17.8 Å². The van der Waals surface area contributed by atoms with Crippen LogP contribution in [0.15, 0.2) is 48.6 Å². The van der Waals surface area contributed by atoms with E-state index in [-0.39, 0.29) is 11.7 Å². The third-order valence-corrected chi connectivity index (χ3v) is 4.25. The zero-order chi connectivity index (χ0) is 10.7. The van der Waals surface area contributed by atoms with E-state index in [0.717, 1.165) is 0 Å². The Labute approximate surface area is 94.5 Å². The number of rotatable bonds is 0. The largest absolute Gasteiger partial charge is 0.294 e. The van der Waals surface area contributed by atoms with E-state index in [1.54, 1.807) is 6.08 Å². The highest BCUT2D eigenvalue weighted by Crippen LogP contribution is 2.58. The molecule has 0 saturated carbocycles. The van der Waals surface area contributed by atoms with Crippen molar-refractivity contribution in [3.05, 3.63) is 59.7 Å². The number of hydrogen-bond acceptors (Lipinski definition) is 1. The van der Waals surface area contributed by atoms with Crippen molar-refractivity contribution in [2.24, 2.45) is 11.8 Å². The molecule has 16 heavy (non-hydrogen) atoms. The quantitative estimate of drug-likeness (QED) is 0.599. The first kappa shape index (κ1) is 8.51. The fourth-order valence-corrected chi connectivity index (χ4v) is 3.53. The first-order valence-electron chi connectivity index (χ1n) is 5.85. The Morgan fingerprint density at radius 2 is 1.62 bits per heavy atom. The van der Waals surface area contributed by atoms with Gasteiger partial charge in [-0.2, -0.15) is 0 Å². The van der Waals surface area contributed by atoms with Crippen LogP contribution in [0.3, 0.4) is 0 Å². The smallest absolute Gasteiger partial charge is 0.162 e. The molecule has 0 amide bonds. The highest BCUT2D eigenvalue weighted by molar-refractivity contribution is 5.95. The Morgan fingerprint density at radius 3 is 2.44 bits per heavy atom. The number of carbonyl (C=O) groups is 1. The molecule has 1 aromatic carbocycles. The molecule has 0 radical (unpaired) electrons. The average molecular weight is 208 g/mol. The van der Waals surface area contributed by atoms with Gasteiger partial charge in [-0.25, -0.2) is 0 Å². The maximum absolute atomic E-state index is 11.9. The lowest BCUT2D eigenvalue weighted by atomic mass is 9.56. The van der Waals surface area contributed by atoms with Gasteiger partial charge in [0, 0.05) is 23.7 Å². The van der Waals surface area contributed by atoms with Crippen LogP contribution >= 0.6 is 0 Å². The summed E-state index contributed by atoms with van der Waals surface area (Å²) in [5, 5.41) is 0. The number of benzene rings is 1. The highest BCUT2D eigenvalue weighted by Gasteiger charge is 2.49. The fourth-order valence-electron chi connectivity index (χ4n) is 3.53. The molecule has 0 spiro atoms. The molecule has 78 valence electrons. The average Bonchev–Trinajstić information content (AvgIpc) is 2.53. The summed E-state index contributed by atoms with van der Waals surface area (Å²) in [6.07, 6.45) is 8.20. The number of allylic oxidation sites excluding steroid dienone is 4. The zero-order valence-corrected chi connectivity index (χ0v) is 8.84. The third kappa shape index (κ3) is 0.850. The second-order valence-corrected chi connectivity index (χ2v) is 4.93. The van der Waals surface area contributed by atoms with Gasteiger partial charge in [0.25, 0.3) is 0 Å². The van der Waals surface area contributed by atoms with E-state index in [1.165, 1.54) is 11.1 Å². The number of hydrogen-bond donors (Lipinski definition) is 0. The van der Waals surface area contributed by atoms with Gasteiger partial charge in [0.1, 0.15) is 0 Å². The molecule has 1 aromatic rings. The topological polar surface area (TPSA) is 17.1 Å². The molecule has 2 bridgehead atoms. The number of carbonyl (C=O) groups excluding carboxylic acids is 1.